The Balaban J connectivity index is 1.60. The van der Waals surface area contributed by atoms with Crippen LogP contribution in [0.1, 0.15) is 10.4 Å². The molecule has 138 valence electrons. The predicted molar refractivity (Wildman–Crippen MR) is 103 cm³/mol. The van der Waals surface area contributed by atoms with Gasteiger partial charge in [0.25, 0.3) is 5.91 Å². The monoisotopic (exact) mass is 382 g/mol. The number of hydrogen-bond acceptors (Lipinski definition) is 6. The topological polar surface area (TPSA) is 86.1 Å². The Morgan fingerprint density at radius 2 is 1.78 bits per heavy atom. The van der Waals surface area contributed by atoms with Gasteiger partial charge in [-0.05, 0) is 36.4 Å². The third kappa shape index (κ3) is 4.53. The number of benzene rings is 2. The molecule has 2 amide bonds. The Labute approximate surface area is 160 Å². The third-order valence-corrected chi connectivity index (χ3v) is 4.82. The lowest BCUT2D eigenvalue weighted by Gasteiger charge is -2.06. The Morgan fingerprint density at radius 3 is 2.44 bits per heavy atom. The zero-order valence-electron chi connectivity index (χ0n) is 14.9. The number of nitrogens with zero attached hydrogens (tertiary/aromatic N) is 3. The molecule has 0 aliphatic rings. The van der Waals surface area contributed by atoms with E-state index in [0.717, 1.165) is 11.3 Å². The quantitative estimate of drug-likeness (QED) is 0.660. The molecule has 0 aliphatic heterocycles. The second-order valence-corrected chi connectivity index (χ2v) is 6.57. The number of amides is 2. The molecule has 0 spiro atoms. The molecule has 0 aliphatic carbocycles. The molecule has 3 aromatic rings. The summed E-state index contributed by atoms with van der Waals surface area (Å²) in [5.41, 5.74) is 1.33. The first-order valence-electron chi connectivity index (χ1n) is 8.14. The van der Waals surface area contributed by atoms with Crippen LogP contribution >= 0.6 is 11.8 Å². The van der Waals surface area contributed by atoms with Crippen LogP contribution in [0.15, 0.2) is 59.8 Å². The molecule has 0 bridgehead atoms. The number of methoxy groups -OCH3 is 1. The van der Waals surface area contributed by atoms with E-state index in [4.69, 9.17) is 4.74 Å². The fourth-order valence-electron chi connectivity index (χ4n) is 2.39. The number of aromatic nitrogens is 3. The normalized spacial score (nSPS) is 10.4. The largest absolute Gasteiger partial charge is 0.497 e. The molecule has 0 radical (unpaired) electrons. The average molecular weight is 382 g/mol. The van der Waals surface area contributed by atoms with Crippen LogP contribution in [0.5, 0.6) is 5.75 Å². The van der Waals surface area contributed by atoms with Gasteiger partial charge in [0, 0.05) is 18.2 Å². The number of rotatable bonds is 6. The van der Waals surface area contributed by atoms with Crippen molar-refractivity contribution in [2.45, 2.75) is 5.16 Å². The van der Waals surface area contributed by atoms with Crippen molar-refractivity contribution in [3.63, 3.8) is 0 Å². The maximum Gasteiger partial charge on any atom is 0.257 e. The molecule has 7 nitrogen and oxygen atoms in total. The molecule has 1 aromatic heterocycles. The van der Waals surface area contributed by atoms with Crippen molar-refractivity contribution in [3.05, 3.63) is 60.2 Å². The van der Waals surface area contributed by atoms with E-state index in [0.29, 0.717) is 16.5 Å². The summed E-state index contributed by atoms with van der Waals surface area (Å²) in [5, 5.41) is 11.3. The van der Waals surface area contributed by atoms with E-state index in [9.17, 15) is 9.59 Å². The highest BCUT2D eigenvalue weighted by Gasteiger charge is 2.15. The van der Waals surface area contributed by atoms with E-state index in [-0.39, 0.29) is 11.7 Å². The highest BCUT2D eigenvalue weighted by molar-refractivity contribution is 7.99. The molecule has 3 rings (SSSR count). The van der Waals surface area contributed by atoms with Crippen molar-refractivity contribution in [1.29, 1.82) is 0 Å². The maximum atomic E-state index is 12.0. The van der Waals surface area contributed by atoms with E-state index in [1.807, 2.05) is 37.4 Å². The van der Waals surface area contributed by atoms with Crippen LogP contribution in [0.25, 0.3) is 11.4 Å². The third-order valence-electron chi connectivity index (χ3n) is 3.80. The van der Waals surface area contributed by atoms with E-state index < -0.39 is 5.91 Å². The zero-order valence-corrected chi connectivity index (χ0v) is 15.7. The van der Waals surface area contributed by atoms with Gasteiger partial charge in [-0.3, -0.25) is 14.9 Å². The van der Waals surface area contributed by atoms with Crippen LogP contribution in [-0.4, -0.2) is 39.4 Å². The van der Waals surface area contributed by atoms with Crippen LogP contribution in [0.3, 0.4) is 0 Å². The first-order chi connectivity index (χ1) is 13.1. The molecule has 0 fully saturated rings. The first kappa shape index (κ1) is 18.7. The second-order valence-electron chi connectivity index (χ2n) is 5.63. The average Bonchev–Trinajstić information content (AvgIpc) is 3.07. The predicted octanol–water partition coefficient (Wildman–Crippen LogP) is 2.54. The Bertz CT molecular complexity index is 939. The minimum Gasteiger partial charge on any atom is -0.497 e. The molecule has 1 heterocycles. The minimum absolute atomic E-state index is 0.0627. The van der Waals surface area contributed by atoms with E-state index in [1.54, 1.807) is 35.9 Å². The van der Waals surface area contributed by atoms with Crippen molar-refractivity contribution in [2.75, 3.05) is 12.9 Å². The SMILES string of the molecule is COc1ccc(-c2nnc(SCC(=O)NC(=O)c3ccccc3)n2C)cc1. The lowest BCUT2D eigenvalue weighted by atomic mass is 10.2. The van der Waals surface area contributed by atoms with Gasteiger partial charge >= 0.3 is 0 Å². The van der Waals surface area contributed by atoms with Gasteiger partial charge in [-0.25, -0.2) is 0 Å². The van der Waals surface area contributed by atoms with Crippen molar-refractivity contribution in [1.82, 2.24) is 20.1 Å². The second kappa shape index (κ2) is 8.50. The number of imide groups is 1. The molecule has 27 heavy (non-hydrogen) atoms. The highest BCUT2D eigenvalue weighted by Crippen LogP contribution is 2.24. The molecular weight excluding hydrogens is 364 g/mol. The van der Waals surface area contributed by atoms with Crippen molar-refractivity contribution >= 4 is 23.6 Å². The van der Waals surface area contributed by atoms with Crippen LogP contribution < -0.4 is 10.1 Å². The van der Waals surface area contributed by atoms with E-state index in [1.165, 1.54) is 11.8 Å². The summed E-state index contributed by atoms with van der Waals surface area (Å²) in [6, 6.07) is 16.1. The molecule has 0 saturated carbocycles. The molecule has 2 aromatic carbocycles. The number of carbonyl (C=O) groups excluding carboxylic acids is 2. The molecule has 1 N–H and O–H groups in total. The lowest BCUT2D eigenvalue weighted by Crippen LogP contribution is -2.31. The first-order valence-corrected chi connectivity index (χ1v) is 9.13. The van der Waals surface area contributed by atoms with Gasteiger partial charge in [0.1, 0.15) is 5.75 Å². The van der Waals surface area contributed by atoms with E-state index >= 15 is 0 Å². The van der Waals surface area contributed by atoms with Gasteiger partial charge < -0.3 is 9.30 Å². The fourth-order valence-corrected chi connectivity index (χ4v) is 3.10. The molecule has 0 unspecified atom stereocenters. The Kier molecular flexibility index (Phi) is 5.87. The zero-order chi connectivity index (χ0) is 19.2. The summed E-state index contributed by atoms with van der Waals surface area (Å²) in [5.74, 6) is 0.699. The minimum atomic E-state index is -0.418. The number of thioether (sulfide) groups is 1. The molecule has 0 saturated heterocycles. The summed E-state index contributed by atoms with van der Waals surface area (Å²) in [6.45, 7) is 0. The van der Waals surface area contributed by atoms with Crippen molar-refractivity contribution in [3.8, 4) is 17.1 Å². The molecule has 0 atom stereocenters. The van der Waals surface area contributed by atoms with Gasteiger partial charge in [0.15, 0.2) is 11.0 Å². The standard InChI is InChI=1S/C19H18N4O3S/c1-23-17(13-8-10-15(26-2)11-9-13)21-22-19(23)27-12-16(24)20-18(25)14-6-4-3-5-7-14/h3-11H,12H2,1-2H3,(H,20,24,25). The van der Waals surface area contributed by atoms with Gasteiger partial charge in [-0.2, -0.15) is 0 Å². The van der Waals surface area contributed by atoms with Gasteiger partial charge in [-0.15, -0.1) is 10.2 Å². The van der Waals surface area contributed by atoms with Gasteiger partial charge in [0.05, 0.1) is 12.9 Å². The number of ether oxygens (including phenoxy) is 1. The van der Waals surface area contributed by atoms with Crippen LogP contribution in [0, 0.1) is 0 Å². The van der Waals surface area contributed by atoms with Crippen molar-refractivity contribution < 1.29 is 14.3 Å². The van der Waals surface area contributed by atoms with Crippen LogP contribution in [-0.2, 0) is 11.8 Å². The maximum absolute atomic E-state index is 12.0. The summed E-state index contributed by atoms with van der Waals surface area (Å²) in [4.78, 5) is 24.0. The number of nitrogens with one attached hydrogen (secondary N) is 1. The Morgan fingerprint density at radius 1 is 1.07 bits per heavy atom. The van der Waals surface area contributed by atoms with Crippen LogP contribution in [0.2, 0.25) is 0 Å². The number of hydrogen-bond donors (Lipinski definition) is 1. The van der Waals surface area contributed by atoms with Crippen molar-refractivity contribution in [2.24, 2.45) is 7.05 Å². The lowest BCUT2D eigenvalue weighted by molar-refractivity contribution is -0.117. The van der Waals surface area contributed by atoms with Crippen LogP contribution in [0.4, 0.5) is 0 Å². The summed E-state index contributed by atoms with van der Waals surface area (Å²) in [7, 11) is 3.44. The van der Waals surface area contributed by atoms with Gasteiger partial charge in [-0.1, -0.05) is 30.0 Å². The highest BCUT2D eigenvalue weighted by atomic mass is 32.2. The molecule has 8 heteroatoms. The summed E-state index contributed by atoms with van der Waals surface area (Å²) < 4.78 is 6.95. The van der Waals surface area contributed by atoms with E-state index in [2.05, 4.69) is 15.5 Å². The fraction of sp³-hybridized carbons (Fsp3) is 0.158. The molecular formula is C19H18N4O3S. The smallest absolute Gasteiger partial charge is 0.257 e. The summed E-state index contributed by atoms with van der Waals surface area (Å²) in [6.07, 6.45) is 0. The summed E-state index contributed by atoms with van der Waals surface area (Å²) >= 11 is 1.22. The number of carbonyl (C=O) groups is 2. The Hall–Kier alpha value is -3.13. The van der Waals surface area contributed by atoms with Gasteiger partial charge in [0.2, 0.25) is 5.91 Å².